The van der Waals surface area contributed by atoms with Crippen molar-refractivity contribution in [2.45, 2.75) is 25.2 Å². The first-order chi connectivity index (χ1) is 6.24. The van der Waals surface area contributed by atoms with Gasteiger partial charge in [-0.15, -0.1) is 24.0 Å². The summed E-state index contributed by atoms with van der Waals surface area (Å²) < 4.78 is 1.41. The van der Waals surface area contributed by atoms with Gasteiger partial charge in [0.2, 0.25) is 0 Å². The van der Waals surface area contributed by atoms with Gasteiger partial charge in [-0.2, -0.15) is 0 Å². The summed E-state index contributed by atoms with van der Waals surface area (Å²) in [5.74, 6) is 0. The van der Waals surface area contributed by atoms with E-state index in [0.717, 1.165) is 11.3 Å². The van der Waals surface area contributed by atoms with E-state index >= 15 is 0 Å². The molecule has 0 nitrogen and oxygen atoms in total. The van der Waals surface area contributed by atoms with Crippen molar-refractivity contribution in [1.29, 1.82) is 0 Å². The molecule has 2 heteroatoms. The number of fused-ring (bicyclic) bond motifs is 1. The van der Waals surface area contributed by atoms with Gasteiger partial charge in [0.1, 0.15) is 0 Å². The Morgan fingerprint density at radius 2 is 2.23 bits per heavy atom. The molecule has 0 N–H and O–H groups in total. The Labute approximate surface area is 88.0 Å². The van der Waals surface area contributed by atoms with E-state index < -0.39 is 0 Å². The molecular formula is C11H12S2. The van der Waals surface area contributed by atoms with Gasteiger partial charge in [-0.25, -0.2) is 0 Å². The predicted molar refractivity (Wildman–Crippen MR) is 63.2 cm³/mol. The van der Waals surface area contributed by atoms with Crippen LogP contribution in [0.1, 0.15) is 18.1 Å². The van der Waals surface area contributed by atoms with Crippen molar-refractivity contribution in [2.24, 2.45) is 0 Å². The minimum atomic E-state index is 1.10. The molecule has 0 unspecified atom stereocenters. The van der Waals surface area contributed by atoms with E-state index in [0.29, 0.717) is 0 Å². The molecule has 1 aromatic heterocycles. The monoisotopic (exact) mass is 208 g/mol. The predicted octanol–water partition coefficient (Wildman–Crippen LogP) is 4.06. The number of hydrogen-bond acceptors (Lipinski definition) is 2. The van der Waals surface area contributed by atoms with Crippen LogP contribution in [0, 0.1) is 6.92 Å². The molecule has 0 bridgehead atoms. The van der Waals surface area contributed by atoms with Crippen molar-refractivity contribution in [2.75, 3.05) is 0 Å². The number of thiophene rings is 1. The topological polar surface area (TPSA) is 0 Å². The maximum atomic E-state index is 4.48. The highest BCUT2D eigenvalue weighted by Gasteiger charge is 2.06. The van der Waals surface area contributed by atoms with Crippen molar-refractivity contribution >= 4 is 34.1 Å². The zero-order valence-corrected chi connectivity index (χ0v) is 9.51. The van der Waals surface area contributed by atoms with Crippen molar-refractivity contribution in [3.63, 3.8) is 0 Å². The lowest BCUT2D eigenvalue weighted by molar-refractivity contribution is 1.13. The molecule has 2 rings (SSSR count). The van der Waals surface area contributed by atoms with Gasteiger partial charge < -0.3 is 0 Å². The van der Waals surface area contributed by atoms with Gasteiger partial charge in [0, 0.05) is 15.0 Å². The standard InChI is InChI=1S/C11H12S2/c1-3-8-7(2)6-10(12)9-4-5-13-11(8)9/h4-6,12H,3H2,1-2H3. The molecule has 0 atom stereocenters. The number of thiol groups is 1. The fourth-order valence-corrected chi connectivity index (χ4v) is 3.28. The van der Waals surface area contributed by atoms with Gasteiger partial charge in [0.15, 0.2) is 0 Å². The van der Waals surface area contributed by atoms with E-state index in [1.807, 2.05) is 11.3 Å². The van der Waals surface area contributed by atoms with Gasteiger partial charge in [0.25, 0.3) is 0 Å². The van der Waals surface area contributed by atoms with E-state index in [1.54, 1.807) is 0 Å². The molecule has 2 aromatic rings. The summed E-state index contributed by atoms with van der Waals surface area (Å²) in [6.07, 6.45) is 1.11. The third-order valence-electron chi connectivity index (χ3n) is 2.40. The van der Waals surface area contributed by atoms with Gasteiger partial charge in [-0.1, -0.05) is 6.92 Å². The fourth-order valence-electron chi connectivity index (χ4n) is 1.73. The van der Waals surface area contributed by atoms with Crippen LogP contribution < -0.4 is 0 Å². The lowest BCUT2D eigenvalue weighted by Crippen LogP contribution is -1.86. The minimum Gasteiger partial charge on any atom is -0.143 e. The van der Waals surface area contributed by atoms with E-state index in [-0.39, 0.29) is 0 Å². The molecule has 1 heterocycles. The second-order valence-electron chi connectivity index (χ2n) is 3.21. The van der Waals surface area contributed by atoms with Gasteiger partial charge >= 0.3 is 0 Å². The smallest absolute Gasteiger partial charge is 0.0388 e. The maximum absolute atomic E-state index is 4.48. The summed E-state index contributed by atoms with van der Waals surface area (Å²) in [7, 11) is 0. The molecule has 1 aromatic carbocycles. The molecule has 0 aliphatic rings. The molecule has 0 fully saturated rings. The normalized spacial score (nSPS) is 11.0. The highest BCUT2D eigenvalue weighted by molar-refractivity contribution is 7.80. The van der Waals surface area contributed by atoms with Crippen LogP contribution >= 0.6 is 24.0 Å². The zero-order valence-electron chi connectivity index (χ0n) is 7.79. The average molecular weight is 208 g/mol. The highest BCUT2D eigenvalue weighted by Crippen LogP contribution is 2.32. The number of hydrogen-bond donors (Lipinski definition) is 1. The lowest BCUT2D eigenvalue weighted by atomic mass is 10.0. The molecular weight excluding hydrogens is 196 g/mol. The Morgan fingerprint density at radius 1 is 1.46 bits per heavy atom. The van der Waals surface area contributed by atoms with Crippen LogP contribution in [0.2, 0.25) is 0 Å². The fraction of sp³-hybridized carbons (Fsp3) is 0.273. The minimum absolute atomic E-state index is 1.10. The van der Waals surface area contributed by atoms with Crippen LogP contribution in [-0.2, 0) is 6.42 Å². The summed E-state index contributed by atoms with van der Waals surface area (Å²) in [5.41, 5.74) is 2.84. The van der Waals surface area contributed by atoms with Gasteiger partial charge in [-0.05, 0) is 42.0 Å². The average Bonchev–Trinajstić information content (AvgIpc) is 2.53. The quantitative estimate of drug-likeness (QED) is 0.671. The van der Waals surface area contributed by atoms with Crippen LogP contribution in [-0.4, -0.2) is 0 Å². The molecule has 68 valence electrons. The SMILES string of the molecule is CCc1c(C)cc(S)c2ccsc12. The van der Waals surface area contributed by atoms with Crippen LogP contribution in [0.4, 0.5) is 0 Å². The van der Waals surface area contributed by atoms with Crippen molar-refractivity contribution in [1.82, 2.24) is 0 Å². The summed E-state index contributed by atoms with van der Waals surface area (Å²) >= 11 is 6.30. The summed E-state index contributed by atoms with van der Waals surface area (Å²) in [5, 5.41) is 3.44. The van der Waals surface area contributed by atoms with Crippen molar-refractivity contribution in [3.05, 3.63) is 28.6 Å². The van der Waals surface area contributed by atoms with Crippen molar-refractivity contribution in [3.8, 4) is 0 Å². The van der Waals surface area contributed by atoms with E-state index in [2.05, 4.69) is 44.0 Å². The Balaban J connectivity index is 2.88. The Kier molecular flexibility index (Phi) is 2.35. The molecule has 0 aliphatic carbocycles. The Hall–Kier alpha value is -0.470. The molecule has 13 heavy (non-hydrogen) atoms. The van der Waals surface area contributed by atoms with Crippen LogP contribution in [0.15, 0.2) is 22.4 Å². The molecule has 0 saturated heterocycles. The van der Waals surface area contributed by atoms with Crippen LogP contribution in [0.25, 0.3) is 10.1 Å². The van der Waals surface area contributed by atoms with Crippen LogP contribution in [0.5, 0.6) is 0 Å². The molecule has 0 saturated carbocycles. The third kappa shape index (κ3) is 1.38. The van der Waals surface area contributed by atoms with Crippen LogP contribution in [0.3, 0.4) is 0 Å². The number of rotatable bonds is 1. The molecule has 0 radical (unpaired) electrons. The highest BCUT2D eigenvalue weighted by atomic mass is 32.1. The Morgan fingerprint density at radius 3 is 2.92 bits per heavy atom. The maximum Gasteiger partial charge on any atom is 0.0388 e. The first kappa shape index (κ1) is 9.10. The molecule has 0 aliphatic heterocycles. The molecule has 0 amide bonds. The second kappa shape index (κ2) is 3.35. The first-order valence-electron chi connectivity index (χ1n) is 4.42. The van der Waals surface area contributed by atoms with Gasteiger partial charge in [-0.3, -0.25) is 0 Å². The zero-order chi connectivity index (χ0) is 9.42. The second-order valence-corrected chi connectivity index (χ2v) is 4.61. The summed E-state index contributed by atoms with van der Waals surface area (Å²) in [6, 6.07) is 4.32. The summed E-state index contributed by atoms with van der Waals surface area (Å²) in [6.45, 7) is 4.37. The summed E-state index contributed by atoms with van der Waals surface area (Å²) in [4.78, 5) is 1.10. The van der Waals surface area contributed by atoms with E-state index in [4.69, 9.17) is 0 Å². The molecule has 0 spiro atoms. The third-order valence-corrected chi connectivity index (χ3v) is 3.74. The number of benzene rings is 1. The number of aryl methyl sites for hydroxylation is 2. The van der Waals surface area contributed by atoms with Crippen molar-refractivity contribution < 1.29 is 0 Å². The first-order valence-corrected chi connectivity index (χ1v) is 5.75. The largest absolute Gasteiger partial charge is 0.143 e. The lowest BCUT2D eigenvalue weighted by Gasteiger charge is -2.06. The van der Waals surface area contributed by atoms with E-state index in [1.165, 1.54) is 21.2 Å². The van der Waals surface area contributed by atoms with E-state index in [9.17, 15) is 0 Å². The van der Waals surface area contributed by atoms with Gasteiger partial charge in [0.05, 0.1) is 0 Å². The Bertz CT molecular complexity index is 441.